The number of benzene rings is 2. The van der Waals surface area contributed by atoms with Crippen molar-refractivity contribution in [3.8, 4) is 11.5 Å². The van der Waals surface area contributed by atoms with Gasteiger partial charge in [0.05, 0.1) is 5.54 Å². The predicted molar refractivity (Wildman–Crippen MR) is 90.8 cm³/mol. The molecule has 0 fully saturated rings. The highest BCUT2D eigenvalue weighted by Gasteiger charge is 2.14. The maximum Gasteiger partial charge on any atom is 0.115 e. The largest absolute Gasteiger partial charge is 0.508 e. The molecule has 0 saturated carbocycles. The van der Waals surface area contributed by atoms with Crippen molar-refractivity contribution in [1.82, 2.24) is 0 Å². The molecule has 0 bridgehead atoms. The highest BCUT2D eigenvalue weighted by atomic mass is 16.3. The molecule has 0 spiro atoms. The lowest BCUT2D eigenvalue weighted by molar-refractivity contribution is 0.472. The van der Waals surface area contributed by atoms with E-state index in [1.165, 1.54) is 5.56 Å². The molecule has 2 aromatic rings. The van der Waals surface area contributed by atoms with Gasteiger partial charge in [-0.05, 0) is 62.1 Å². The average Bonchev–Trinajstić information content (AvgIpc) is 2.49. The van der Waals surface area contributed by atoms with Crippen LogP contribution in [0.15, 0.2) is 53.5 Å². The molecule has 0 saturated heterocycles. The smallest absolute Gasteiger partial charge is 0.115 e. The molecule has 0 unspecified atom stereocenters. The Morgan fingerprint density at radius 2 is 1.36 bits per heavy atom. The summed E-state index contributed by atoms with van der Waals surface area (Å²) in [6, 6.07) is 14.5. The summed E-state index contributed by atoms with van der Waals surface area (Å²) in [6.45, 7) is 4.25. The Morgan fingerprint density at radius 3 is 1.91 bits per heavy atom. The van der Waals surface area contributed by atoms with Gasteiger partial charge in [0.2, 0.25) is 0 Å². The minimum atomic E-state index is -0.116. The summed E-state index contributed by atoms with van der Waals surface area (Å²) in [5, 5.41) is 18.5. The summed E-state index contributed by atoms with van der Waals surface area (Å²) in [5.74, 6) is 0.588. The molecule has 0 aliphatic rings. The molecule has 2 aromatic carbocycles. The maximum atomic E-state index is 9.29. The van der Waals surface area contributed by atoms with Crippen LogP contribution in [0.5, 0.6) is 11.5 Å². The van der Waals surface area contributed by atoms with Gasteiger partial charge in [-0.2, -0.15) is 0 Å². The van der Waals surface area contributed by atoms with Crippen molar-refractivity contribution in [2.45, 2.75) is 38.6 Å². The van der Waals surface area contributed by atoms with Gasteiger partial charge in [-0.15, -0.1) is 0 Å². The topological polar surface area (TPSA) is 52.8 Å². The highest BCUT2D eigenvalue weighted by Crippen LogP contribution is 2.19. The lowest BCUT2D eigenvalue weighted by atomic mass is 9.96. The van der Waals surface area contributed by atoms with Crippen molar-refractivity contribution in [3.05, 3.63) is 59.7 Å². The van der Waals surface area contributed by atoms with E-state index in [0.717, 1.165) is 24.8 Å². The lowest BCUT2D eigenvalue weighted by Gasteiger charge is -2.19. The molecule has 22 heavy (non-hydrogen) atoms. The van der Waals surface area contributed by atoms with E-state index >= 15 is 0 Å². The van der Waals surface area contributed by atoms with Crippen LogP contribution in [0.25, 0.3) is 0 Å². The van der Waals surface area contributed by atoms with Crippen LogP contribution in [0.2, 0.25) is 0 Å². The second kappa shape index (κ2) is 7.12. The molecule has 3 heteroatoms. The number of rotatable bonds is 6. The lowest BCUT2D eigenvalue weighted by Crippen LogP contribution is -2.18. The Labute approximate surface area is 132 Å². The molecule has 2 N–H and O–H groups in total. The molecule has 0 aromatic heterocycles. The summed E-state index contributed by atoms with van der Waals surface area (Å²) >= 11 is 0. The molecule has 0 aliphatic carbocycles. The zero-order chi connectivity index (χ0) is 16.0. The fourth-order valence-electron chi connectivity index (χ4n) is 2.21. The van der Waals surface area contributed by atoms with Crippen LogP contribution in [-0.2, 0) is 12.8 Å². The molecule has 0 amide bonds. The van der Waals surface area contributed by atoms with E-state index < -0.39 is 0 Å². The maximum absolute atomic E-state index is 9.29. The van der Waals surface area contributed by atoms with Gasteiger partial charge in [0.1, 0.15) is 11.5 Å². The molecule has 2 rings (SSSR count). The Bertz CT molecular complexity index is 613. The van der Waals surface area contributed by atoms with Gasteiger partial charge in [0.25, 0.3) is 0 Å². The number of nitrogens with zero attached hydrogens (tertiary/aromatic N) is 1. The number of phenols is 2. The molecule has 116 valence electrons. The third-order valence-corrected chi connectivity index (χ3v) is 3.67. The molecule has 0 radical (unpaired) electrons. The van der Waals surface area contributed by atoms with E-state index in [4.69, 9.17) is 0 Å². The first-order valence-corrected chi connectivity index (χ1v) is 7.54. The fourth-order valence-corrected chi connectivity index (χ4v) is 2.21. The molecule has 3 nitrogen and oxygen atoms in total. The summed E-state index contributed by atoms with van der Waals surface area (Å²) in [6.07, 6.45) is 4.60. The van der Waals surface area contributed by atoms with Crippen LogP contribution in [0.4, 0.5) is 0 Å². The Morgan fingerprint density at radius 1 is 0.864 bits per heavy atom. The van der Waals surface area contributed by atoms with Gasteiger partial charge in [-0.25, -0.2) is 0 Å². The number of aromatic hydroxyl groups is 2. The normalized spacial score (nSPS) is 11.9. The molecular weight excluding hydrogens is 274 g/mol. The number of aliphatic imine (C=N–C) groups is 1. The summed E-state index contributed by atoms with van der Waals surface area (Å²) in [5.41, 5.74) is 2.23. The summed E-state index contributed by atoms with van der Waals surface area (Å²) < 4.78 is 0. The van der Waals surface area contributed by atoms with Crippen LogP contribution in [-0.4, -0.2) is 22.0 Å². The first-order chi connectivity index (χ1) is 10.4. The first kappa shape index (κ1) is 16.1. The third kappa shape index (κ3) is 5.24. The second-order valence-electron chi connectivity index (χ2n) is 6.16. The quantitative estimate of drug-likeness (QED) is 0.788. The van der Waals surface area contributed by atoms with Crippen LogP contribution >= 0.6 is 0 Å². The number of hydrogen-bond acceptors (Lipinski definition) is 3. The van der Waals surface area contributed by atoms with E-state index in [2.05, 4.69) is 18.8 Å². The van der Waals surface area contributed by atoms with Gasteiger partial charge in [0, 0.05) is 12.6 Å². The van der Waals surface area contributed by atoms with E-state index in [0.29, 0.717) is 5.75 Å². The van der Waals surface area contributed by atoms with Crippen molar-refractivity contribution in [2.24, 2.45) is 4.99 Å². The predicted octanol–water partition coefficient (Wildman–Crippen LogP) is 4.12. The summed E-state index contributed by atoms with van der Waals surface area (Å²) in [4.78, 5) is 4.67. The van der Waals surface area contributed by atoms with Crippen molar-refractivity contribution in [1.29, 1.82) is 0 Å². The third-order valence-electron chi connectivity index (χ3n) is 3.67. The Kier molecular flexibility index (Phi) is 5.21. The van der Waals surface area contributed by atoms with E-state index in [1.54, 1.807) is 24.3 Å². The first-order valence-electron chi connectivity index (χ1n) is 7.54. The monoisotopic (exact) mass is 297 g/mol. The van der Waals surface area contributed by atoms with Gasteiger partial charge >= 0.3 is 0 Å². The minimum absolute atomic E-state index is 0.116. The van der Waals surface area contributed by atoms with Crippen LogP contribution in [0, 0.1) is 0 Å². The number of hydrogen-bond donors (Lipinski definition) is 2. The highest BCUT2D eigenvalue weighted by molar-refractivity contribution is 5.62. The van der Waals surface area contributed by atoms with E-state index in [-0.39, 0.29) is 11.3 Å². The Balaban J connectivity index is 1.85. The van der Waals surface area contributed by atoms with Crippen LogP contribution in [0.3, 0.4) is 0 Å². The number of aryl methyl sites for hydroxylation is 1. The van der Waals surface area contributed by atoms with Gasteiger partial charge in [-0.3, -0.25) is 4.99 Å². The minimum Gasteiger partial charge on any atom is -0.508 e. The van der Waals surface area contributed by atoms with Gasteiger partial charge in [0.15, 0.2) is 0 Å². The van der Waals surface area contributed by atoms with E-state index in [1.807, 2.05) is 30.5 Å². The second-order valence-corrected chi connectivity index (χ2v) is 6.16. The SMILES string of the molecule is CC(C)(CCc1ccc(O)cc1)N=CCc1ccc(O)cc1. The van der Waals surface area contributed by atoms with Crippen molar-refractivity contribution in [2.75, 3.05) is 0 Å². The van der Waals surface area contributed by atoms with Crippen LogP contribution < -0.4 is 0 Å². The average molecular weight is 297 g/mol. The molecular formula is C19H23NO2. The van der Waals surface area contributed by atoms with Crippen molar-refractivity contribution < 1.29 is 10.2 Å². The van der Waals surface area contributed by atoms with Gasteiger partial charge < -0.3 is 10.2 Å². The zero-order valence-electron chi connectivity index (χ0n) is 13.2. The molecule has 0 aliphatic heterocycles. The van der Waals surface area contributed by atoms with E-state index in [9.17, 15) is 10.2 Å². The molecule has 0 atom stereocenters. The fraction of sp³-hybridized carbons (Fsp3) is 0.316. The standard InChI is InChI=1S/C19H23NO2/c1-19(2,13-11-15-3-7-17(21)8-4-15)20-14-12-16-5-9-18(22)10-6-16/h3-10,14,21-22H,11-13H2,1-2H3. The number of phenolic OH excluding ortho intramolecular Hbond substituents is 2. The Hall–Kier alpha value is -2.29. The summed E-state index contributed by atoms with van der Waals surface area (Å²) in [7, 11) is 0. The molecule has 0 heterocycles. The zero-order valence-corrected chi connectivity index (χ0v) is 13.2. The van der Waals surface area contributed by atoms with Gasteiger partial charge in [-0.1, -0.05) is 24.3 Å². The van der Waals surface area contributed by atoms with Crippen LogP contribution in [0.1, 0.15) is 31.4 Å². The van der Waals surface area contributed by atoms with Crippen molar-refractivity contribution >= 4 is 6.21 Å². The van der Waals surface area contributed by atoms with Crippen molar-refractivity contribution in [3.63, 3.8) is 0 Å².